The Morgan fingerprint density at radius 2 is 2.22 bits per heavy atom. The van der Waals surface area contributed by atoms with Crippen molar-refractivity contribution in [3.63, 3.8) is 0 Å². The third-order valence-corrected chi connectivity index (χ3v) is 3.01. The number of carboxylic acid groups (broad SMARTS) is 1. The zero-order valence-electron chi connectivity index (χ0n) is 9.45. The molecule has 1 amide bonds. The van der Waals surface area contributed by atoms with Crippen molar-refractivity contribution in [3.8, 4) is 0 Å². The molecule has 1 aromatic rings. The summed E-state index contributed by atoms with van der Waals surface area (Å²) in [4.78, 5) is 22.4. The first kappa shape index (κ1) is 14.1. The van der Waals surface area contributed by atoms with Gasteiger partial charge in [-0.2, -0.15) is 15.4 Å². The minimum atomic E-state index is -3.29. The summed E-state index contributed by atoms with van der Waals surface area (Å²) in [7, 11) is -3.29. The molecule has 1 atom stereocenters. The van der Waals surface area contributed by atoms with Crippen LogP contribution >= 0.6 is 0 Å². The Bertz CT molecular complexity index is 524. The summed E-state index contributed by atoms with van der Waals surface area (Å²) in [6.07, 6.45) is 1.91. The molecule has 1 unspecified atom stereocenters. The molecule has 100 valence electrons. The SMILES string of the molecule is CS(=O)(=O)CCC(NC(=O)c1cn[nH]n1)C(=O)O. The highest BCUT2D eigenvalue weighted by molar-refractivity contribution is 7.90. The van der Waals surface area contributed by atoms with Crippen LogP contribution in [0.4, 0.5) is 0 Å². The maximum atomic E-state index is 11.5. The highest BCUT2D eigenvalue weighted by atomic mass is 32.2. The molecule has 0 aliphatic rings. The Labute approximate surface area is 102 Å². The number of H-pyrrole nitrogens is 1. The van der Waals surface area contributed by atoms with E-state index in [1.54, 1.807) is 0 Å². The van der Waals surface area contributed by atoms with Gasteiger partial charge in [0.1, 0.15) is 15.9 Å². The van der Waals surface area contributed by atoms with Crippen molar-refractivity contribution in [2.75, 3.05) is 12.0 Å². The molecule has 0 spiro atoms. The fraction of sp³-hybridized carbons (Fsp3) is 0.500. The number of carboxylic acids is 1. The monoisotopic (exact) mass is 276 g/mol. The first-order chi connectivity index (χ1) is 8.29. The number of aromatic amines is 1. The van der Waals surface area contributed by atoms with E-state index in [1.807, 2.05) is 0 Å². The molecule has 0 aromatic carbocycles. The third-order valence-electron chi connectivity index (χ3n) is 2.03. The second-order valence-electron chi connectivity index (χ2n) is 3.64. The molecule has 1 heterocycles. The van der Waals surface area contributed by atoms with Crippen molar-refractivity contribution >= 4 is 21.7 Å². The number of amides is 1. The van der Waals surface area contributed by atoms with E-state index < -0.39 is 27.8 Å². The molecule has 10 heteroatoms. The number of sulfone groups is 1. The van der Waals surface area contributed by atoms with Gasteiger partial charge in [-0.1, -0.05) is 0 Å². The normalized spacial score (nSPS) is 12.9. The highest BCUT2D eigenvalue weighted by Gasteiger charge is 2.23. The van der Waals surface area contributed by atoms with Gasteiger partial charge in [-0.05, 0) is 6.42 Å². The van der Waals surface area contributed by atoms with Gasteiger partial charge in [0, 0.05) is 6.26 Å². The lowest BCUT2D eigenvalue weighted by molar-refractivity contribution is -0.139. The molecule has 9 nitrogen and oxygen atoms in total. The zero-order valence-corrected chi connectivity index (χ0v) is 10.3. The van der Waals surface area contributed by atoms with Crippen LogP contribution in [0.15, 0.2) is 6.20 Å². The molecule has 3 N–H and O–H groups in total. The van der Waals surface area contributed by atoms with Crippen molar-refractivity contribution in [2.45, 2.75) is 12.5 Å². The molecule has 18 heavy (non-hydrogen) atoms. The molecule has 1 aromatic heterocycles. The van der Waals surface area contributed by atoms with Gasteiger partial charge in [-0.25, -0.2) is 13.2 Å². The largest absolute Gasteiger partial charge is 0.480 e. The zero-order chi connectivity index (χ0) is 13.8. The minimum absolute atomic E-state index is 0.0689. The van der Waals surface area contributed by atoms with E-state index in [4.69, 9.17) is 5.11 Å². The van der Waals surface area contributed by atoms with Crippen LogP contribution in [-0.2, 0) is 14.6 Å². The number of nitrogens with one attached hydrogen (secondary N) is 2. The summed E-state index contributed by atoms with van der Waals surface area (Å²) in [6, 6.07) is -1.29. The second kappa shape index (κ2) is 5.58. The standard InChI is InChI=1S/C8H12N4O5S/c1-18(16,17)3-2-5(8(14)15)10-7(13)6-4-9-12-11-6/h4-5H,2-3H2,1H3,(H,10,13)(H,14,15)(H,9,11,12). The van der Waals surface area contributed by atoms with Gasteiger partial charge < -0.3 is 10.4 Å². The number of hydrogen-bond acceptors (Lipinski definition) is 6. The number of carbonyl (C=O) groups excluding carboxylic acids is 1. The van der Waals surface area contributed by atoms with E-state index in [1.165, 1.54) is 0 Å². The lowest BCUT2D eigenvalue weighted by atomic mass is 10.2. The van der Waals surface area contributed by atoms with Gasteiger partial charge in [0.25, 0.3) is 5.91 Å². The topological polar surface area (TPSA) is 142 Å². The molecule has 0 saturated carbocycles. The van der Waals surface area contributed by atoms with Crippen LogP contribution in [0.1, 0.15) is 16.9 Å². The molecule has 0 aliphatic carbocycles. The molecular formula is C8H12N4O5S. The Morgan fingerprint density at radius 3 is 2.67 bits per heavy atom. The number of carbonyl (C=O) groups is 2. The van der Waals surface area contributed by atoms with Crippen LogP contribution in [0.3, 0.4) is 0 Å². The van der Waals surface area contributed by atoms with Crippen LogP contribution < -0.4 is 5.32 Å². The van der Waals surface area contributed by atoms with E-state index in [9.17, 15) is 18.0 Å². The molecule has 0 saturated heterocycles. The maximum absolute atomic E-state index is 11.5. The predicted octanol–water partition coefficient (Wildman–Crippen LogP) is -1.58. The second-order valence-corrected chi connectivity index (χ2v) is 5.90. The van der Waals surface area contributed by atoms with Gasteiger partial charge in [-0.3, -0.25) is 4.79 Å². The van der Waals surface area contributed by atoms with Crippen LogP contribution in [0, 0.1) is 0 Å². The molecular weight excluding hydrogens is 264 g/mol. The fourth-order valence-corrected chi connectivity index (χ4v) is 1.80. The van der Waals surface area contributed by atoms with Gasteiger partial charge in [0.15, 0.2) is 5.69 Å². The van der Waals surface area contributed by atoms with Crippen molar-refractivity contribution in [1.82, 2.24) is 20.7 Å². The average Bonchev–Trinajstić information content (AvgIpc) is 2.75. The van der Waals surface area contributed by atoms with E-state index >= 15 is 0 Å². The van der Waals surface area contributed by atoms with E-state index in [-0.39, 0.29) is 17.9 Å². The van der Waals surface area contributed by atoms with Gasteiger partial charge >= 0.3 is 5.97 Å². The first-order valence-corrected chi connectivity index (χ1v) is 6.93. The molecule has 0 radical (unpaired) electrons. The summed E-state index contributed by atoms with van der Waals surface area (Å²) < 4.78 is 21.9. The van der Waals surface area contributed by atoms with Crippen LogP contribution in [-0.4, -0.2) is 58.9 Å². The number of nitrogens with zero attached hydrogens (tertiary/aromatic N) is 2. The predicted molar refractivity (Wildman–Crippen MR) is 59.6 cm³/mol. The van der Waals surface area contributed by atoms with E-state index in [0.29, 0.717) is 0 Å². The lowest BCUT2D eigenvalue weighted by Gasteiger charge is -2.12. The Balaban J connectivity index is 2.64. The first-order valence-electron chi connectivity index (χ1n) is 4.87. The molecule has 0 aliphatic heterocycles. The number of aliphatic carboxylic acids is 1. The van der Waals surface area contributed by atoms with Crippen LogP contribution in [0.25, 0.3) is 0 Å². The Morgan fingerprint density at radius 1 is 1.56 bits per heavy atom. The Hall–Kier alpha value is -1.97. The fourth-order valence-electron chi connectivity index (χ4n) is 1.13. The summed E-state index contributed by atoms with van der Waals surface area (Å²) >= 11 is 0. The quantitative estimate of drug-likeness (QED) is 0.569. The van der Waals surface area contributed by atoms with Crippen LogP contribution in [0.5, 0.6) is 0 Å². The smallest absolute Gasteiger partial charge is 0.326 e. The lowest BCUT2D eigenvalue weighted by Crippen LogP contribution is -2.42. The van der Waals surface area contributed by atoms with Crippen molar-refractivity contribution in [2.24, 2.45) is 0 Å². The number of hydrogen-bond donors (Lipinski definition) is 3. The van der Waals surface area contributed by atoms with Crippen molar-refractivity contribution < 1.29 is 23.1 Å². The summed E-state index contributed by atoms with van der Waals surface area (Å²) in [5.41, 5.74) is -0.0689. The van der Waals surface area contributed by atoms with Crippen molar-refractivity contribution in [1.29, 1.82) is 0 Å². The number of rotatable bonds is 6. The molecule has 1 rings (SSSR count). The molecule has 0 fully saturated rings. The summed E-state index contributed by atoms with van der Waals surface area (Å²) in [5, 5.41) is 20.1. The summed E-state index contributed by atoms with van der Waals surface area (Å²) in [6.45, 7) is 0. The Kier molecular flexibility index (Phi) is 4.37. The van der Waals surface area contributed by atoms with E-state index in [2.05, 4.69) is 20.7 Å². The maximum Gasteiger partial charge on any atom is 0.326 e. The summed E-state index contributed by atoms with van der Waals surface area (Å²) in [5.74, 6) is -2.37. The highest BCUT2D eigenvalue weighted by Crippen LogP contribution is 1.99. The van der Waals surface area contributed by atoms with Gasteiger partial charge in [0.2, 0.25) is 0 Å². The van der Waals surface area contributed by atoms with Gasteiger partial charge in [0.05, 0.1) is 11.9 Å². The van der Waals surface area contributed by atoms with Gasteiger partial charge in [-0.15, -0.1) is 0 Å². The van der Waals surface area contributed by atoms with E-state index in [0.717, 1.165) is 12.5 Å². The van der Waals surface area contributed by atoms with Crippen LogP contribution in [0.2, 0.25) is 0 Å². The third kappa shape index (κ3) is 4.49. The van der Waals surface area contributed by atoms with Crippen molar-refractivity contribution in [3.05, 3.63) is 11.9 Å². The molecule has 0 bridgehead atoms. The average molecular weight is 276 g/mol. The number of aromatic nitrogens is 3. The minimum Gasteiger partial charge on any atom is -0.480 e.